The van der Waals surface area contributed by atoms with E-state index in [1.54, 1.807) is 25.4 Å². The lowest BCUT2D eigenvalue weighted by Gasteiger charge is -2.07. The van der Waals surface area contributed by atoms with Crippen molar-refractivity contribution in [3.8, 4) is 0 Å². The molecule has 0 aliphatic rings. The second kappa shape index (κ2) is 5.18. The third kappa shape index (κ3) is 2.51. The van der Waals surface area contributed by atoms with E-state index in [0.717, 1.165) is 15.1 Å². The third-order valence-electron chi connectivity index (χ3n) is 2.43. The molecule has 18 heavy (non-hydrogen) atoms. The molecule has 7 heteroatoms. The molecular weight excluding hydrogens is 250 g/mol. The Bertz CT molecular complexity index is 580. The zero-order chi connectivity index (χ0) is 13.1. The Balaban J connectivity index is 2.37. The van der Waals surface area contributed by atoms with Crippen molar-refractivity contribution in [3.05, 3.63) is 10.9 Å². The molecule has 0 saturated carbocycles. The van der Waals surface area contributed by atoms with Gasteiger partial charge in [-0.15, -0.1) is 11.3 Å². The Morgan fingerprint density at radius 1 is 1.39 bits per heavy atom. The summed E-state index contributed by atoms with van der Waals surface area (Å²) in [7, 11) is 3.37. The molecule has 0 spiro atoms. The molecule has 0 aliphatic carbocycles. The summed E-state index contributed by atoms with van der Waals surface area (Å²) in [6, 6.07) is 2.02. The summed E-state index contributed by atoms with van der Waals surface area (Å²) in [5, 5.41) is 9.45. The van der Waals surface area contributed by atoms with Gasteiger partial charge in [0.25, 0.3) is 0 Å². The number of hydrogen-bond acceptors (Lipinski definition) is 6. The Kier molecular flexibility index (Phi) is 3.61. The maximum absolute atomic E-state index is 11.3. The van der Waals surface area contributed by atoms with Gasteiger partial charge in [0.1, 0.15) is 10.6 Å². The molecule has 96 valence electrons. The predicted molar refractivity (Wildman–Crippen MR) is 74.3 cm³/mol. The molecule has 0 radical (unpaired) electrons. The Morgan fingerprint density at radius 3 is 2.83 bits per heavy atom. The molecule has 0 fully saturated rings. The zero-order valence-electron chi connectivity index (χ0n) is 10.5. The summed E-state index contributed by atoms with van der Waals surface area (Å²) in [5.74, 6) is 1.14. The minimum atomic E-state index is -0.0836. The number of amides is 1. The van der Waals surface area contributed by atoms with Gasteiger partial charge in [-0.25, -0.2) is 4.98 Å². The van der Waals surface area contributed by atoms with Crippen LogP contribution in [0.1, 0.15) is 4.88 Å². The number of rotatable bonds is 4. The average molecular weight is 265 g/mol. The fourth-order valence-electron chi connectivity index (χ4n) is 1.54. The lowest BCUT2D eigenvalue weighted by Crippen LogP contribution is -2.26. The van der Waals surface area contributed by atoms with E-state index in [1.807, 2.05) is 13.0 Å². The molecule has 0 bridgehead atoms. The highest BCUT2D eigenvalue weighted by Crippen LogP contribution is 2.29. The maximum Gasteiger partial charge on any atom is 0.239 e. The van der Waals surface area contributed by atoms with Gasteiger partial charge in [0.2, 0.25) is 11.9 Å². The largest absolute Gasteiger partial charge is 0.360 e. The van der Waals surface area contributed by atoms with Gasteiger partial charge in [-0.1, -0.05) is 0 Å². The SMILES string of the molecule is CNC(=O)CNc1nc(NC)nc2sc(C)cc12. The summed E-state index contributed by atoms with van der Waals surface area (Å²) in [5.41, 5.74) is 0. The normalized spacial score (nSPS) is 10.4. The van der Waals surface area contributed by atoms with Crippen molar-refractivity contribution in [2.24, 2.45) is 0 Å². The van der Waals surface area contributed by atoms with Gasteiger partial charge in [0.15, 0.2) is 0 Å². The molecule has 3 N–H and O–H groups in total. The van der Waals surface area contributed by atoms with E-state index in [0.29, 0.717) is 11.8 Å². The molecule has 0 saturated heterocycles. The van der Waals surface area contributed by atoms with E-state index in [2.05, 4.69) is 25.9 Å². The highest BCUT2D eigenvalue weighted by atomic mass is 32.1. The van der Waals surface area contributed by atoms with E-state index in [4.69, 9.17) is 0 Å². The summed E-state index contributed by atoms with van der Waals surface area (Å²) < 4.78 is 0. The smallest absolute Gasteiger partial charge is 0.239 e. The van der Waals surface area contributed by atoms with Crippen molar-refractivity contribution >= 4 is 39.2 Å². The first-order valence-corrected chi connectivity index (χ1v) is 6.36. The van der Waals surface area contributed by atoms with Crippen LogP contribution in [0.25, 0.3) is 10.2 Å². The Hall–Kier alpha value is -1.89. The number of aryl methyl sites for hydroxylation is 1. The van der Waals surface area contributed by atoms with Crippen molar-refractivity contribution < 1.29 is 4.79 Å². The standard InChI is InChI=1S/C11H15N5OS/c1-6-4-7-9(14-5-8(17)12-2)15-11(13-3)16-10(7)18-6/h4H,5H2,1-3H3,(H,12,17)(H2,13,14,15,16). The monoisotopic (exact) mass is 265 g/mol. The molecule has 0 unspecified atom stereocenters. The van der Waals surface area contributed by atoms with Crippen LogP contribution in [0.3, 0.4) is 0 Å². The number of carbonyl (C=O) groups excluding carboxylic acids is 1. The minimum absolute atomic E-state index is 0.0836. The Morgan fingerprint density at radius 2 is 2.17 bits per heavy atom. The number of fused-ring (bicyclic) bond motifs is 1. The molecule has 2 rings (SSSR count). The first-order valence-electron chi connectivity index (χ1n) is 5.54. The summed E-state index contributed by atoms with van der Waals surface area (Å²) in [4.78, 5) is 22.0. The van der Waals surface area contributed by atoms with Crippen LogP contribution in [-0.4, -0.2) is 36.5 Å². The first kappa shape index (κ1) is 12.6. The quantitative estimate of drug-likeness (QED) is 0.774. The first-order chi connectivity index (χ1) is 8.63. The minimum Gasteiger partial charge on any atom is -0.360 e. The van der Waals surface area contributed by atoms with Crippen molar-refractivity contribution in [1.29, 1.82) is 0 Å². The van der Waals surface area contributed by atoms with Crippen LogP contribution in [0.4, 0.5) is 11.8 Å². The van der Waals surface area contributed by atoms with E-state index in [-0.39, 0.29) is 12.5 Å². The number of likely N-dealkylation sites (N-methyl/N-ethyl adjacent to an activating group) is 1. The van der Waals surface area contributed by atoms with Crippen molar-refractivity contribution in [2.45, 2.75) is 6.92 Å². The summed E-state index contributed by atoms with van der Waals surface area (Å²) in [6.45, 7) is 2.22. The van der Waals surface area contributed by atoms with Crippen LogP contribution in [0, 0.1) is 6.92 Å². The van der Waals surface area contributed by atoms with E-state index in [9.17, 15) is 4.79 Å². The number of nitrogens with one attached hydrogen (secondary N) is 3. The fraction of sp³-hybridized carbons (Fsp3) is 0.364. The number of carbonyl (C=O) groups is 1. The van der Waals surface area contributed by atoms with Gasteiger partial charge in [0.05, 0.1) is 11.9 Å². The van der Waals surface area contributed by atoms with E-state index < -0.39 is 0 Å². The molecule has 0 aliphatic heterocycles. The topological polar surface area (TPSA) is 78.9 Å². The molecule has 2 heterocycles. The summed E-state index contributed by atoms with van der Waals surface area (Å²) in [6.07, 6.45) is 0. The molecule has 2 aromatic rings. The third-order valence-corrected chi connectivity index (χ3v) is 3.38. The predicted octanol–water partition coefficient (Wildman–Crippen LogP) is 1.20. The van der Waals surface area contributed by atoms with Crippen LogP contribution < -0.4 is 16.0 Å². The lowest BCUT2D eigenvalue weighted by molar-refractivity contribution is -0.118. The number of aromatic nitrogens is 2. The van der Waals surface area contributed by atoms with Gasteiger partial charge in [0, 0.05) is 19.0 Å². The zero-order valence-corrected chi connectivity index (χ0v) is 11.3. The molecule has 1 amide bonds. The second-order valence-corrected chi connectivity index (χ2v) is 4.98. The van der Waals surface area contributed by atoms with Gasteiger partial charge in [-0.2, -0.15) is 4.98 Å². The highest BCUT2D eigenvalue weighted by molar-refractivity contribution is 7.18. The maximum atomic E-state index is 11.3. The van der Waals surface area contributed by atoms with E-state index >= 15 is 0 Å². The number of hydrogen-bond donors (Lipinski definition) is 3. The van der Waals surface area contributed by atoms with Crippen LogP contribution >= 0.6 is 11.3 Å². The number of thiophene rings is 1. The molecule has 0 aromatic carbocycles. The molecule has 2 aromatic heterocycles. The van der Waals surface area contributed by atoms with Crippen molar-refractivity contribution in [2.75, 3.05) is 31.3 Å². The highest BCUT2D eigenvalue weighted by Gasteiger charge is 2.10. The lowest BCUT2D eigenvalue weighted by atomic mass is 10.3. The Labute approximate surface area is 109 Å². The van der Waals surface area contributed by atoms with Crippen molar-refractivity contribution in [1.82, 2.24) is 15.3 Å². The number of nitrogens with zero attached hydrogens (tertiary/aromatic N) is 2. The van der Waals surface area contributed by atoms with Crippen LogP contribution in [0.5, 0.6) is 0 Å². The number of anilines is 2. The van der Waals surface area contributed by atoms with Gasteiger partial charge in [-0.3, -0.25) is 4.79 Å². The fourth-order valence-corrected chi connectivity index (χ4v) is 2.42. The average Bonchev–Trinajstić information content (AvgIpc) is 2.75. The van der Waals surface area contributed by atoms with Crippen LogP contribution in [0.15, 0.2) is 6.07 Å². The van der Waals surface area contributed by atoms with Crippen LogP contribution in [0.2, 0.25) is 0 Å². The van der Waals surface area contributed by atoms with Crippen molar-refractivity contribution in [3.63, 3.8) is 0 Å². The second-order valence-electron chi connectivity index (χ2n) is 3.75. The molecule has 0 atom stereocenters. The van der Waals surface area contributed by atoms with Gasteiger partial charge in [-0.05, 0) is 13.0 Å². The van der Waals surface area contributed by atoms with E-state index in [1.165, 1.54) is 0 Å². The van der Waals surface area contributed by atoms with Gasteiger partial charge < -0.3 is 16.0 Å². The molecule has 6 nitrogen and oxygen atoms in total. The van der Waals surface area contributed by atoms with Gasteiger partial charge >= 0.3 is 0 Å². The van der Waals surface area contributed by atoms with Crippen LogP contribution in [-0.2, 0) is 4.79 Å². The molecular formula is C11H15N5OS. The summed E-state index contributed by atoms with van der Waals surface area (Å²) >= 11 is 1.60.